The second-order valence-corrected chi connectivity index (χ2v) is 9.04. The number of sulfone groups is 1. The SMILES string of the molecule is CCNC(=NCC1CCS(=O)(=O)C1)N1CC(C)CC(C)C1. The quantitative estimate of drug-likeness (QED) is 0.631. The van der Waals surface area contributed by atoms with E-state index in [0.717, 1.165) is 32.0 Å². The summed E-state index contributed by atoms with van der Waals surface area (Å²) >= 11 is 0. The molecule has 0 aromatic carbocycles. The Labute approximate surface area is 129 Å². The summed E-state index contributed by atoms with van der Waals surface area (Å²) in [6.45, 7) is 10.2. The van der Waals surface area contributed by atoms with Crippen LogP contribution in [-0.2, 0) is 9.84 Å². The number of guanidine groups is 1. The molecule has 3 unspecified atom stereocenters. The van der Waals surface area contributed by atoms with E-state index >= 15 is 0 Å². The predicted octanol–water partition coefficient (Wildman–Crippen LogP) is 1.36. The van der Waals surface area contributed by atoms with E-state index in [0.29, 0.717) is 29.9 Å². The van der Waals surface area contributed by atoms with Crippen molar-refractivity contribution in [2.24, 2.45) is 22.7 Å². The molecule has 2 heterocycles. The Morgan fingerprint density at radius 2 is 1.95 bits per heavy atom. The Hall–Kier alpha value is -0.780. The van der Waals surface area contributed by atoms with Crippen LogP contribution in [0.1, 0.15) is 33.6 Å². The molecule has 3 atom stereocenters. The van der Waals surface area contributed by atoms with Crippen molar-refractivity contribution in [3.8, 4) is 0 Å². The lowest BCUT2D eigenvalue weighted by atomic mass is 9.92. The minimum absolute atomic E-state index is 0.197. The van der Waals surface area contributed by atoms with Gasteiger partial charge in [0.1, 0.15) is 0 Å². The molecule has 2 aliphatic heterocycles. The minimum Gasteiger partial charge on any atom is -0.357 e. The maximum Gasteiger partial charge on any atom is 0.193 e. The molecule has 0 aromatic rings. The van der Waals surface area contributed by atoms with Gasteiger partial charge < -0.3 is 10.2 Å². The van der Waals surface area contributed by atoms with Crippen LogP contribution in [0, 0.1) is 17.8 Å². The molecule has 0 saturated carbocycles. The highest BCUT2D eigenvalue weighted by Crippen LogP contribution is 2.22. The van der Waals surface area contributed by atoms with Gasteiger partial charge in [-0.25, -0.2) is 8.42 Å². The van der Waals surface area contributed by atoms with Gasteiger partial charge in [-0.05, 0) is 37.5 Å². The lowest BCUT2D eigenvalue weighted by molar-refractivity contribution is 0.208. The fraction of sp³-hybridized carbons (Fsp3) is 0.933. The second-order valence-electron chi connectivity index (χ2n) is 6.81. The third kappa shape index (κ3) is 4.87. The summed E-state index contributed by atoms with van der Waals surface area (Å²) in [7, 11) is -2.80. The summed E-state index contributed by atoms with van der Waals surface area (Å²) in [4.78, 5) is 7.06. The molecule has 0 aliphatic carbocycles. The topological polar surface area (TPSA) is 61.8 Å². The van der Waals surface area contributed by atoms with Crippen LogP contribution in [0.25, 0.3) is 0 Å². The van der Waals surface area contributed by atoms with Crippen molar-refractivity contribution in [3.63, 3.8) is 0 Å². The van der Waals surface area contributed by atoms with Crippen LogP contribution < -0.4 is 5.32 Å². The molecule has 6 heteroatoms. The first-order chi connectivity index (χ1) is 9.89. The van der Waals surface area contributed by atoms with Crippen molar-refractivity contribution in [3.05, 3.63) is 0 Å². The van der Waals surface area contributed by atoms with E-state index in [2.05, 4.69) is 31.0 Å². The number of nitrogens with one attached hydrogen (secondary N) is 1. The average Bonchev–Trinajstić information content (AvgIpc) is 2.73. The van der Waals surface area contributed by atoms with Gasteiger partial charge in [-0.3, -0.25) is 4.99 Å². The highest BCUT2D eigenvalue weighted by Gasteiger charge is 2.28. The molecule has 0 radical (unpaired) electrons. The van der Waals surface area contributed by atoms with Crippen LogP contribution in [-0.4, -0.2) is 57.0 Å². The van der Waals surface area contributed by atoms with Crippen LogP contribution in [0.5, 0.6) is 0 Å². The summed E-state index contributed by atoms with van der Waals surface area (Å²) < 4.78 is 23.0. The van der Waals surface area contributed by atoms with Crippen molar-refractivity contribution in [2.75, 3.05) is 37.7 Å². The molecular weight excluding hydrogens is 286 g/mol. The summed E-state index contributed by atoms with van der Waals surface area (Å²) in [5.74, 6) is 3.17. The Morgan fingerprint density at radius 1 is 1.29 bits per heavy atom. The first kappa shape index (κ1) is 16.6. The smallest absolute Gasteiger partial charge is 0.193 e. The number of likely N-dealkylation sites (tertiary alicyclic amines) is 1. The molecule has 122 valence electrons. The third-order valence-electron chi connectivity index (χ3n) is 4.33. The van der Waals surface area contributed by atoms with Crippen LogP contribution in [0.3, 0.4) is 0 Å². The fourth-order valence-corrected chi connectivity index (χ4v) is 5.34. The van der Waals surface area contributed by atoms with Gasteiger partial charge in [0, 0.05) is 26.2 Å². The molecule has 0 spiro atoms. The van der Waals surface area contributed by atoms with Crippen molar-refractivity contribution in [1.29, 1.82) is 0 Å². The highest BCUT2D eigenvalue weighted by molar-refractivity contribution is 7.91. The van der Waals surface area contributed by atoms with Gasteiger partial charge in [0.2, 0.25) is 0 Å². The van der Waals surface area contributed by atoms with E-state index in [9.17, 15) is 8.42 Å². The third-order valence-corrected chi connectivity index (χ3v) is 6.17. The van der Waals surface area contributed by atoms with E-state index < -0.39 is 9.84 Å². The number of hydrogen-bond donors (Lipinski definition) is 1. The van der Waals surface area contributed by atoms with Crippen LogP contribution in [0.2, 0.25) is 0 Å². The molecule has 21 heavy (non-hydrogen) atoms. The zero-order chi connectivity index (χ0) is 15.5. The lowest BCUT2D eigenvalue weighted by Gasteiger charge is -2.37. The van der Waals surface area contributed by atoms with E-state index in [1.807, 2.05) is 0 Å². The maximum atomic E-state index is 11.5. The summed E-state index contributed by atoms with van der Waals surface area (Å²) in [5.41, 5.74) is 0. The van der Waals surface area contributed by atoms with E-state index in [1.165, 1.54) is 6.42 Å². The summed E-state index contributed by atoms with van der Waals surface area (Å²) in [6, 6.07) is 0. The van der Waals surface area contributed by atoms with Crippen molar-refractivity contribution >= 4 is 15.8 Å². The van der Waals surface area contributed by atoms with Crippen LogP contribution in [0.4, 0.5) is 0 Å². The second kappa shape index (κ2) is 6.99. The van der Waals surface area contributed by atoms with Gasteiger partial charge in [-0.15, -0.1) is 0 Å². The average molecular weight is 315 g/mol. The normalized spacial score (nSPS) is 33.2. The predicted molar refractivity (Wildman–Crippen MR) is 87.3 cm³/mol. The van der Waals surface area contributed by atoms with Crippen molar-refractivity contribution in [1.82, 2.24) is 10.2 Å². The first-order valence-corrected chi connectivity index (χ1v) is 9.95. The van der Waals surface area contributed by atoms with Crippen molar-refractivity contribution < 1.29 is 8.42 Å². The van der Waals surface area contributed by atoms with Gasteiger partial charge in [0.05, 0.1) is 11.5 Å². The Bertz CT molecular complexity index is 465. The van der Waals surface area contributed by atoms with Gasteiger partial charge in [0.15, 0.2) is 15.8 Å². The van der Waals surface area contributed by atoms with E-state index in [-0.39, 0.29) is 5.92 Å². The lowest BCUT2D eigenvalue weighted by Crippen LogP contribution is -2.48. The van der Waals surface area contributed by atoms with Gasteiger partial charge in [-0.1, -0.05) is 13.8 Å². The van der Waals surface area contributed by atoms with Gasteiger partial charge >= 0.3 is 0 Å². The number of piperidine rings is 1. The molecule has 5 nitrogen and oxygen atoms in total. The Kier molecular flexibility index (Phi) is 5.52. The molecule has 2 aliphatic rings. The minimum atomic E-state index is -2.80. The molecule has 2 saturated heterocycles. The molecule has 2 rings (SSSR count). The Morgan fingerprint density at radius 3 is 2.48 bits per heavy atom. The molecule has 2 fully saturated rings. The maximum absolute atomic E-state index is 11.5. The molecule has 0 amide bonds. The number of aliphatic imine (C=N–C) groups is 1. The zero-order valence-electron chi connectivity index (χ0n) is 13.5. The molecule has 0 bridgehead atoms. The molecule has 0 aromatic heterocycles. The summed E-state index contributed by atoms with van der Waals surface area (Å²) in [5, 5.41) is 3.36. The van der Waals surface area contributed by atoms with Gasteiger partial charge in [0.25, 0.3) is 0 Å². The molecule has 1 N–H and O–H groups in total. The van der Waals surface area contributed by atoms with Crippen LogP contribution >= 0.6 is 0 Å². The fourth-order valence-electron chi connectivity index (χ4n) is 3.49. The zero-order valence-corrected chi connectivity index (χ0v) is 14.3. The van der Waals surface area contributed by atoms with E-state index in [1.54, 1.807) is 0 Å². The number of nitrogens with zero attached hydrogens (tertiary/aromatic N) is 2. The van der Waals surface area contributed by atoms with Gasteiger partial charge in [-0.2, -0.15) is 0 Å². The van der Waals surface area contributed by atoms with Crippen molar-refractivity contribution in [2.45, 2.75) is 33.6 Å². The monoisotopic (exact) mass is 315 g/mol. The largest absolute Gasteiger partial charge is 0.357 e. The van der Waals surface area contributed by atoms with Crippen LogP contribution in [0.15, 0.2) is 4.99 Å². The van der Waals surface area contributed by atoms with E-state index in [4.69, 9.17) is 4.99 Å². The number of rotatable bonds is 3. The highest BCUT2D eigenvalue weighted by atomic mass is 32.2. The first-order valence-electron chi connectivity index (χ1n) is 8.13. The molecular formula is C15H29N3O2S. The summed E-state index contributed by atoms with van der Waals surface area (Å²) in [6.07, 6.45) is 2.04. The Balaban J connectivity index is 1.99. The standard InChI is InChI=1S/C15H29N3O2S/c1-4-16-15(18-9-12(2)7-13(3)10-18)17-8-14-5-6-21(19,20)11-14/h12-14H,4-11H2,1-3H3,(H,16,17). The number of hydrogen-bond acceptors (Lipinski definition) is 3.